The van der Waals surface area contributed by atoms with Crippen LogP contribution in [0.3, 0.4) is 0 Å². The summed E-state index contributed by atoms with van der Waals surface area (Å²) in [6.07, 6.45) is 0. The van der Waals surface area contributed by atoms with Crippen LogP contribution in [0.1, 0.15) is 6.92 Å². The molecule has 16 heavy (non-hydrogen) atoms. The summed E-state index contributed by atoms with van der Waals surface area (Å²) in [6.45, 7) is 2.11. The third kappa shape index (κ3) is 4.19. The number of hydrogen-bond acceptors (Lipinski definition) is 7. The topological polar surface area (TPSA) is 77.0 Å². The van der Waals surface area contributed by atoms with E-state index in [9.17, 15) is 4.79 Å². The Hall–Kier alpha value is -1.08. The number of aromatic nitrogens is 3. The number of anilines is 1. The van der Waals surface area contributed by atoms with Gasteiger partial charge in [-0.1, -0.05) is 11.8 Å². The second-order valence-corrected chi connectivity index (χ2v) is 3.83. The van der Waals surface area contributed by atoms with E-state index in [1.54, 1.807) is 14.0 Å². The molecule has 0 radical (unpaired) electrons. The van der Waals surface area contributed by atoms with Crippen LogP contribution in [0.15, 0.2) is 5.16 Å². The lowest BCUT2D eigenvalue weighted by Gasteiger charge is -2.03. The molecule has 8 heteroatoms. The quantitative estimate of drug-likeness (QED) is 0.631. The van der Waals surface area contributed by atoms with E-state index in [-0.39, 0.29) is 17.0 Å². The molecule has 0 bridgehead atoms. The predicted molar refractivity (Wildman–Crippen MR) is 61.7 cm³/mol. The smallest absolute Gasteiger partial charge is 0.316 e. The first-order valence-corrected chi connectivity index (χ1v) is 5.89. The summed E-state index contributed by atoms with van der Waals surface area (Å²) < 4.78 is 4.77. The summed E-state index contributed by atoms with van der Waals surface area (Å²) in [7, 11) is 1.67. The van der Waals surface area contributed by atoms with Gasteiger partial charge < -0.3 is 10.1 Å². The maximum atomic E-state index is 11.1. The van der Waals surface area contributed by atoms with Gasteiger partial charge in [0.05, 0.1) is 12.4 Å². The average molecular weight is 263 g/mol. The minimum atomic E-state index is -0.310. The van der Waals surface area contributed by atoms with Crippen LogP contribution in [0.4, 0.5) is 5.95 Å². The highest BCUT2D eigenvalue weighted by atomic mass is 35.5. The highest BCUT2D eigenvalue weighted by molar-refractivity contribution is 7.99. The Kier molecular flexibility index (Phi) is 5.27. The molecule has 6 nitrogen and oxygen atoms in total. The summed E-state index contributed by atoms with van der Waals surface area (Å²) in [6, 6.07) is 0. The highest BCUT2D eigenvalue weighted by Crippen LogP contribution is 2.16. The van der Waals surface area contributed by atoms with Gasteiger partial charge in [0.15, 0.2) is 5.16 Å². The third-order valence-corrected chi connectivity index (χ3v) is 2.43. The van der Waals surface area contributed by atoms with Crippen LogP contribution in [-0.4, -0.2) is 40.3 Å². The SMILES string of the molecule is CCOC(=O)CSc1nc(Cl)nc(NC)n1. The van der Waals surface area contributed by atoms with E-state index in [1.165, 1.54) is 0 Å². The molecule has 0 unspecified atom stereocenters. The maximum absolute atomic E-state index is 11.1. The second-order valence-electron chi connectivity index (χ2n) is 2.55. The van der Waals surface area contributed by atoms with Crippen LogP contribution in [-0.2, 0) is 9.53 Å². The monoisotopic (exact) mass is 262 g/mol. The maximum Gasteiger partial charge on any atom is 0.316 e. The Labute approximate surface area is 102 Å². The van der Waals surface area contributed by atoms with Crippen LogP contribution in [0.25, 0.3) is 0 Å². The van der Waals surface area contributed by atoms with Gasteiger partial charge in [0.1, 0.15) is 0 Å². The first-order valence-electron chi connectivity index (χ1n) is 4.53. The third-order valence-electron chi connectivity index (χ3n) is 1.44. The summed E-state index contributed by atoms with van der Waals surface area (Å²) in [5, 5.41) is 3.22. The van der Waals surface area contributed by atoms with Crippen molar-refractivity contribution >= 4 is 35.3 Å². The molecule has 0 fully saturated rings. The number of thioether (sulfide) groups is 1. The van der Waals surface area contributed by atoms with Gasteiger partial charge in [-0.15, -0.1) is 0 Å². The van der Waals surface area contributed by atoms with Crippen molar-refractivity contribution in [2.45, 2.75) is 12.1 Å². The molecule has 1 rings (SSSR count). The Bertz CT molecular complexity index is 377. The molecule has 0 aliphatic heterocycles. The Morgan fingerprint density at radius 2 is 2.25 bits per heavy atom. The van der Waals surface area contributed by atoms with Crippen molar-refractivity contribution in [3.05, 3.63) is 5.28 Å². The van der Waals surface area contributed by atoms with Crippen molar-refractivity contribution in [1.82, 2.24) is 15.0 Å². The van der Waals surface area contributed by atoms with E-state index in [4.69, 9.17) is 16.3 Å². The number of nitrogens with zero attached hydrogens (tertiary/aromatic N) is 3. The van der Waals surface area contributed by atoms with Crippen molar-refractivity contribution in [1.29, 1.82) is 0 Å². The molecule has 0 saturated carbocycles. The lowest BCUT2D eigenvalue weighted by molar-refractivity contribution is -0.139. The van der Waals surface area contributed by atoms with Crippen LogP contribution < -0.4 is 5.32 Å². The average Bonchev–Trinajstić information content (AvgIpc) is 2.26. The fourth-order valence-corrected chi connectivity index (χ4v) is 1.68. The second kappa shape index (κ2) is 6.49. The molecule has 1 aromatic heterocycles. The van der Waals surface area contributed by atoms with Crippen LogP contribution >= 0.6 is 23.4 Å². The van der Waals surface area contributed by atoms with Gasteiger partial charge in [-0.3, -0.25) is 4.79 Å². The Morgan fingerprint density at radius 1 is 1.50 bits per heavy atom. The highest BCUT2D eigenvalue weighted by Gasteiger charge is 2.08. The van der Waals surface area contributed by atoms with Gasteiger partial charge in [0.25, 0.3) is 0 Å². The largest absolute Gasteiger partial charge is 0.465 e. The van der Waals surface area contributed by atoms with Gasteiger partial charge in [-0.25, -0.2) is 0 Å². The van der Waals surface area contributed by atoms with Crippen LogP contribution in [0.2, 0.25) is 5.28 Å². The van der Waals surface area contributed by atoms with Crippen molar-refractivity contribution in [3.8, 4) is 0 Å². The fraction of sp³-hybridized carbons (Fsp3) is 0.500. The molecular formula is C8H11ClN4O2S. The summed E-state index contributed by atoms with van der Waals surface area (Å²) >= 11 is 6.82. The van der Waals surface area contributed by atoms with E-state index >= 15 is 0 Å². The lowest BCUT2D eigenvalue weighted by Crippen LogP contribution is -2.07. The number of hydrogen-bond donors (Lipinski definition) is 1. The number of ether oxygens (including phenoxy) is 1. The number of rotatable bonds is 5. The molecule has 1 N–H and O–H groups in total. The van der Waals surface area contributed by atoms with Crippen LogP contribution in [0, 0.1) is 0 Å². The Balaban J connectivity index is 2.59. The molecule has 0 atom stereocenters. The number of nitrogens with one attached hydrogen (secondary N) is 1. The lowest BCUT2D eigenvalue weighted by atomic mass is 10.8. The molecular weight excluding hydrogens is 252 g/mol. The zero-order valence-electron chi connectivity index (χ0n) is 8.86. The van der Waals surface area contributed by atoms with Gasteiger partial charge in [0, 0.05) is 7.05 Å². The molecule has 0 aromatic carbocycles. The minimum absolute atomic E-state index is 0.0886. The molecule has 0 aliphatic carbocycles. The zero-order valence-corrected chi connectivity index (χ0v) is 10.4. The number of carbonyl (C=O) groups is 1. The predicted octanol–water partition coefficient (Wildman–Crippen LogP) is 1.22. The Morgan fingerprint density at radius 3 is 2.88 bits per heavy atom. The van der Waals surface area contributed by atoms with Gasteiger partial charge in [-0.2, -0.15) is 15.0 Å². The zero-order chi connectivity index (χ0) is 12.0. The molecule has 0 amide bonds. The fourth-order valence-electron chi connectivity index (χ4n) is 0.834. The van der Waals surface area contributed by atoms with Gasteiger partial charge in [0.2, 0.25) is 11.2 Å². The summed E-state index contributed by atoms with van der Waals surface area (Å²) in [5.74, 6) is 0.207. The van der Waals surface area contributed by atoms with Crippen molar-refractivity contribution in [3.63, 3.8) is 0 Å². The summed E-state index contributed by atoms with van der Waals surface area (Å²) in [4.78, 5) is 22.8. The molecule has 0 saturated heterocycles. The normalized spacial score (nSPS) is 9.94. The molecule has 1 heterocycles. The van der Waals surface area contributed by atoms with E-state index in [1.807, 2.05) is 0 Å². The van der Waals surface area contributed by atoms with E-state index in [2.05, 4.69) is 20.3 Å². The minimum Gasteiger partial charge on any atom is -0.465 e. The molecule has 0 spiro atoms. The first-order chi connectivity index (χ1) is 7.65. The van der Waals surface area contributed by atoms with Crippen molar-refractivity contribution in [2.75, 3.05) is 24.7 Å². The summed E-state index contributed by atoms with van der Waals surface area (Å²) in [5.41, 5.74) is 0. The van der Waals surface area contributed by atoms with Crippen molar-refractivity contribution in [2.24, 2.45) is 0 Å². The molecule has 88 valence electrons. The standard InChI is InChI=1S/C8H11ClN4O2S/c1-3-15-5(14)4-16-8-12-6(9)11-7(10-2)13-8/h3-4H2,1-2H3,(H,10,11,12,13). The van der Waals surface area contributed by atoms with Crippen LogP contribution in [0.5, 0.6) is 0 Å². The first kappa shape index (κ1) is 13.0. The molecule has 1 aromatic rings. The van der Waals surface area contributed by atoms with E-state index in [0.717, 1.165) is 11.8 Å². The van der Waals surface area contributed by atoms with Gasteiger partial charge >= 0.3 is 5.97 Å². The van der Waals surface area contributed by atoms with E-state index in [0.29, 0.717) is 17.7 Å². The van der Waals surface area contributed by atoms with Gasteiger partial charge in [-0.05, 0) is 18.5 Å². The number of esters is 1. The van der Waals surface area contributed by atoms with Crippen molar-refractivity contribution < 1.29 is 9.53 Å². The number of carbonyl (C=O) groups excluding carboxylic acids is 1. The molecule has 0 aliphatic rings. The number of halogens is 1. The van der Waals surface area contributed by atoms with E-state index < -0.39 is 0 Å².